The molecule has 1 aromatic heterocycles. The zero-order chi connectivity index (χ0) is 14.6. The molecule has 0 radical (unpaired) electrons. The number of carboxylic acid groups (broad SMARTS) is 1. The van der Waals surface area contributed by atoms with Gasteiger partial charge >= 0.3 is 5.97 Å². The molecule has 106 valence electrons. The van der Waals surface area contributed by atoms with Gasteiger partial charge < -0.3 is 14.7 Å². The normalized spacial score (nSPS) is 12.9. The second-order valence-electron chi connectivity index (χ2n) is 4.53. The van der Waals surface area contributed by atoms with Crippen LogP contribution >= 0.6 is 0 Å². The van der Waals surface area contributed by atoms with Crippen LogP contribution in [0.4, 0.5) is 5.82 Å². The molecule has 1 rings (SSSR count). The molecule has 0 fully saturated rings. The summed E-state index contributed by atoms with van der Waals surface area (Å²) in [5.74, 6) is -0.0960. The molecular weight excluding hydrogens is 246 g/mol. The zero-order valence-corrected chi connectivity index (χ0v) is 12.0. The van der Waals surface area contributed by atoms with E-state index in [1.54, 1.807) is 17.9 Å². The van der Waals surface area contributed by atoms with E-state index in [0.717, 1.165) is 23.2 Å². The Kier molecular flexibility index (Phi) is 5.11. The van der Waals surface area contributed by atoms with Crippen molar-refractivity contribution in [3.8, 4) is 0 Å². The van der Waals surface area contributed by atoms with Crippen molar-refractivity contribution >= 4 is 17.9 Å². The van der Waals surface area contributed by atoms with Crippen LogP contribution in [0.5, 0.6) is 0 Å². The number of hydrogen-bond donors (Lipinski definition) is 1. The van der Waals surface area contributed by atoms with E-state index in [2.05, 4.69) is 5.10 Å². The lowest BCUT2D eigenvalue weighted by atomic mass is 10.2. The van der Waals surface area contributed by atoms with Crippen molar-refractivity contribution in [3.05, 3.63) is 17.3 Å². The molecule has 0 amide bonds. The van der Waals surface area contributed by atoms with Crippen LogP contribution in [0, 0.1) is 6.92 Å². The van der Waals surface area contributed by atoms with Gasteiger partial charge in [0.05, 0.1) is 18.3 Å². The standard InChI is InChI=1S/C13H21N3O3/c1-9(8-19-5)15(3)13-11(6-7-12(17)18)10(2)14-16(13)4/h6-7,9H,8H2,1-5H3,(H,17,18)/b7-6+. The first kappa shape index (κ1) is 15.2. The van der Waals surface area contributed by atoms with Gasteiger partial charge in [-0.3, -0.25) is 4.68 Å². The first-order chi connectivity index (χ1) is 8.88. The number of nitrogens with zero attached hydrogens (tertiary/aromatic N) is 3. The second kappa shape index (κ2) is 6.38. The number of carbonyl (C=O) groups is 1. The first-order valence-corrected chi connectivity index (χ1v) is 6.04. The third kappa shape index (κ3) is 3.57. The quantitative estimate of drug-likeness (QED) is 0.787. The molecule has 0 spiro atoms. The molecule has 19 heavy (non-hydrogen) atoms. The van der Waals surface area contributed by atoms with E-state index in [9.17, 15) is 4.79 Å². The van der Waals surface area contributed by atoms with Crippen LogP contribution in [0.25, 0.3) is 6.08 Å². The van der Waals surface area contributed by atoms with Gasteiger partial charge in [0.2, 0.25) is 0 Å². The fraction of sp³-hybridized carbons (Fsp3) is 0.538. The van der Waals surface area contributed by atoms with Crippen LogP contribution in [0.1, 0.15) is 18.2 Å². The molecule has 1 atom stereocenters. The van der Waals surface area contributed by atoms with E-state index in [-0.39, 0.29) is 6.04 Å². The van der Waals surface area contributed by atoms with E-state index >= 15 is 0 Å². The molecule has 1 unspecified atom stereocenters. The topological polar surface area (TPSA) is 67.6 Å². The minimum Gasteiger partial charge on any atom is -0.478 e. The summed E-state index contributed by atoms with van der Waals surface area (Å²) in [4.78, 5) is 12.7. The SMILES string of the molecule is COCC(C)N(C)c1c(/C=C/C(=O)O)c(C)nn1C. The van der Waals surface area contributed by atoms with Gasteiger partial charge in [-0.2, -0.15) is 5.10 Å². The summed E-state index contributed by atoms with van der Waals surface area (Å²) in [7, 11) is 5.44. The monoisotopic (exact) mass is 267 g/mol. The summed E-state index contributed by atoms with van der Waals surface area (Å²) >= 11 is 0. The first-order valence-electron chi connectivity index (χ1n) is 6.04. The van der Waals surface area contributed by atoms with Crippen molar-refractivity contribution in [2.45, 2.75) is 19.9 Å². The Morgan fingerprint density at radius 1 is 1.63 bits per heavy atom. The molecule has 0 aliphatic carbocycles. The summed E-state index contributed by atoms with van der Waals surface area (Å²) in [5.41, 5.74) is 1.61. The Morgan fingerprint density at radius 2 is 2.26 bits per heavy atom. The Morgan fingerprint density at radius 3 is 2.79 bits per heavy atom. The summed E-state index contributed by atoms with van der Waals surface area (Å²) in [5, 5.41) is 13.1. The van der Waals surface area contributed by atoms with Crippen LogP contribution in [-0.2, 0) is 16.6 Å². The van der Waals surface area contributed by atoms with E-state index in [1.165, 1.54) is 0 Å². The summed E-state index contributed by atoms with van der Waals surface area (Å²) in [6, 6.07) is 0.164. The number of aliphatic carboxylic acids is 1. The highest BCUT2D eigenvalue weighted by Crippen LogP contribution is 2.25. The van der Waals surface area contributed by atoms with Gasteiger partial charge in [0.1, 0.15) is 5.82 Å². The molecular formula is C13H21N3O3. The third-order valence-electron chi connectivity index (χ3n) is 3.03. The largest absolute Gasteiger partial charge is 0.478 e. The minimum atomic E-state index is -0.971. The molecule has 1 heterocycles. The van der Waals surface area contributed by atoms with E-state index in [4.69, 9.17) is 9.84 Å². The Labute approximate surface area is 113 Å². The van der Waals surface area contributed by atoms with Crippen molar-refractivity contribution in [1.29, 1.82) is 0 Å². The maximum absolute atomic E-state index is 10.7. The van der Waals surface area contributed by atoms with Crippen molar-refractivity contribution in [2.75, 3.05) is 25.7 Å². The molecule has 0 aromatic carbocycles. The molecule has 1 N–H and O–H groups in total. The van der Waals surface area contributed by atoms with E-state index in [0.29, 0.717) is 6.61 Å². The zero-order valence-electron chi connectivity index (χ0n) is 12.0. The van der Waals surface area contributed by atoms with Crippen molar-refractivity contribution in [1.82, 2.24) is 9.78 Å². The maximum Gasteiger partial charge on any atom is 0.328 e. The minimum absolute atomic E-state index is 0.164. The summed E-state index contributed by atoms with van der Waals surface area (Å²) in [6.07, 6.45) is 2.71. The third-order valence-corrected chi connectivity index (χ3v) is 3.03. The van der Waals surface area contributed by atoms with Crippen molar-refractivity contribution < 1.29 is 14.6 Å². The molecule has 0 saturated carbocycles. The Bertz CT molecular complexity index is 480. The molecule has 6 heteroatoms. The lowest BCUT2D eigenvalue weighted by molar-refractivity contribution is -0.131. The summed E-state index contributed by atoms with van der Waals surface area (Å²) in [6.45, 7) is 4.49. The number of hydrogen-bond acceptors (Lipinski definition) is 4. The predicted molar refractivity (Wildman–Crippen MR) is 74.4 cm³/mol. The predicted octanol–water partition coefficient (Wildman–Crippen LogP) is 1.30. The molecule has 0 bridgehead atoms. The van der Waals surface area contributed by atoms with Gasteiger partial charge in [-0.05, 0) is 19.9 Å². The van der Waals surface area contributed by atoms with Crippen LogP contribution in [-0.4, -0.2) is 47.7 Å². The lowest BCUT2D eigenvalue weighted by Crippen LogP contribution is -2.34. The van der Waals surface area contributed by atoms with Crippen LogP contribution in [0.2, 0.25) is 0 Å². The fourth-order valence-corrected chi connectivity index (χ4v) is 1.99. The fourth-order valence-electron chi connectivity index (χ4n) is 1.99. The van der Waals surface area contributed by atoms with Gasteiger partial charge in [-0.15, -0.1) is 0 Å². The van der Waals surface area contributed by atoms with Crippen LogP contribution < -0.4 is 4.90 Å². The van der Waals surface area contributed by atoms with E-state index in [1.807, 2.05) is 32.8 Å². The molecule has 6 nitrogen and oxygen atoms in total. The highest BCUT2D eigenvalue weighted by atomic mass is 16.5. The van der Waals surface area contributed by atoms with Gasteiger partial charge in [0.25, 0.3) is 0 Å². The smallest absolute Gasteiger partial charge is 0.328 e. The number of anilines is 1. The van der Waals surface area contributed by atoms with Gasteiger partial charge in [-0.25, -0.2) is 4.79 Å². The van der Waals surface area contributed by atoms with Gasteiger partial charge in [-0.1, -0.05) is 0 Å². The van der Waals surface area contributed by atoms with Gasteiger partial charge in [0.15, 0.2) is 0 Å². The number of methoxy groups -OCH3 is 1. The number of aryl methyl sites for hydroxylation is 2. The number of rotatable bonds is 6. The number of carboxylic acids is 1. The van der Waals surface area contributed by atoms with Crippen LogP contribution in [0.3, 0.4) is 0 Å². The highest BCUT2D eigenvalue weighted by Gasteiger charge is 2.19. The average Bonchev–Trinajstić information content (AvgIpc) is 2.60. The number of likely N-dealkylation sites (N-methyl/N-ethyl adjacent to an activating group) is 1. The average molecular weight is 267 g/mol. The second-order valence-corrected chi connectivity index (χ2v) is 4.53. The molecule has 0 aliphatic heterocycles. The van der Waals surface area contributed by atoms with Crippen molar-refractivity contribution in [3.63, 3.8) is 0 Å². The van der Waals surface area contributed by atoms with E-state index < -0.39 is 5.97 Å². The Balaban J connectivity index is 3.15. The molecule has 0 saturated heterocycles. The van der Waals surface area contributed by atoms with Crippen molar-refractivity contribution in [2.24, 2.45) is 7.05 Å². The lowest BCUT2D eigenvalue weighted by Gasteiger charge is -2.27. The number of aromatic nitrogens is 2. The highest BCUT2D eigenvalue weighted by molar-refractivity contribution is 5.87. The maximum atomic E-state index is 10.7. The molecule has 0 aliphatic rings. The summed E-state index contributed by atoms with van der Waals surface area (Å²) < 4.78 is 6.90. The number of ether oxygens (including phenoxy) is 1. The van der Waals surface area contributed by atoms with Gasteiger partial charge in [0, 0.05) is 32.8 Å². The molecule has 1 aromatic rings. The van der Waals surface area contributed by atoms with Crippen LogP contribution in [0.15, 0.2) is 6.08 Å². The Hall–Kier alpha value is -1.82.